The molecule has 0 saturated heterocycles. The molecular formula is C19H30N4O2. The number of ether oxygens (including phenoxy) is 1. The number of carbonyl (C=O) groups excluding carboxylic acids is 1. The number of rotatable bonds is 8. The second-order valence-corrected chi connectivity index (χ2v) is 6.79. The summed E-state index contributed by atoms with van der Waals surface area (Å²) in [6.45, 7) is 4.95. The van der Waals surface area contributed by atoms with Gasteiger partial charge in [0.1, 0.15) is 5.75 Å². The molecule has 0 heterocycles. The fourth-order valence-electron chi connectivity index (χ4n) is 3.00. The molecule has 4 N–H and O–H groups in total. The van der Waals surface area contributed by atoms with Crippen LogP contribution in [0.1, 0.15) is 46.0 Å². The summed E-state index contributed by atoms with van der Waals surface area (Å²) < 4.78 is 5.59. The number of carbonyl (C=O) groups is 1. The molecule has 6 heteroatoms. The molecule has 1 aromatic carbocycles. The summed E-state index contributed by atoms with van der Waals surface area (Å²) in [4.78, 5) is 16.1. The topological polar surface area (TPSA) is 88.7 Å². The molecule has 0 atom stereocenters. The number of hydrogen-bond donors (Lipinski definition) is 3. The van der Waals surface area contributed by atoms with Gasteiger partial charge in [-0.1, -0.05) is 12.8 Å². The van der Waals surface area contributed by atoms with Gasteiger partial charge in [-0.05, 0) is 56.9 Å². The van der Waals surface area contributed by atoms with Crippen molar-refractivity contribution >= 4 is 17.6 Å². The Kier molecular flexibility index (Phi) is 7.57. The smallest absolute Gasteiger partial charge is 0.220 e. The predicted molar refractivity (Wildman–Crippen MR) is 102 cm³/mol. The molecule has 0 spiro atoms. The minimum Gasteiger partial charge on any atom is -0.491 e. The highest BCUT2D eigenvalue weighted by Crippen LogP contribution is 2.27. The Hall–Kier alpha value is -2.24. The molecule has 0 bridgehead atoms. The zero-order chi connectivity index (χ0) is 18.1. The Balaban J connectivity index is 1.66. The van der Waals surface area contributed by atoms with Crippen molar-refractivity contribution in [2.75, 3.05) is 18.4 Å². The predicted octanol–water partition coefficient (Wildman–Crippen LogP) is 2.90. The van der Waals surface area contributed by atoms with Crippen LogP contribution in [0.25, 0.3) is 0 Å². The Morgan fingerprint density at radius 1 is 1.28 bits per heavy atom. The van der Waals surface area contributed by atoms with Crippen molar-refractivity contribution in [2.45, 2.75) is 52.1 Å². The highest BCUT2D eigenvalue weighted by Gasteiger charge is 2.17. The number of anilines is 1. The summed E-state index contributed by atoms with van der Waals surface area (Å²) in [6, 6.07) is 7.56. The van der Waals surface area contributed by atoms with Gasteiger partial charge in [-0.3, -0.25) is 9.79 Å². The van der Waals surface area contributed by atoms with Crippen LogP contribution >= 0.6 is 0 Å². The molecule has 1 amide bonds. The van der Waals surface area contributed by atoms with E-state index in [0.717, 1.165) is 11.4 Å². The van der Waals surface area contributed by atoms with Crippen LogP contribution < -0.4 is 21.1 Å². The van der Waals surface area contributed by atoms with E-state index in [2.05, 4.69) is 15.6 Å². The molecule has 0 aromatic heterocycles. The molecule has 138 valence electrons. The van der Waals surface area contributed by atoms with E-state index < -0.39 is 0 Å². The van der Waals surface area contributed by atoms with Gasteiger partial charge in [-0.15, -0.1) is 0 Å². The maximum atomic E-state index is 11.8. The van der Waals surface area contributed by atoms with Gasteiger partial charge in [0.2, 0.25) is 5.91 Å². The minimum absolute atomic E-state index is 0.120. The summed E-state index contributed by atoms with van der Waals surface area (Å²) in [5.41, 5.74) is 6.72. The maximum absolute atomic E-state index is 11.8. The number of aliphatic imine (C=N–C) groups is 1. The number of nitrogens with zero attached hydrogens (tertiary/aromatic N) is 1. The normalized spacial score (nSPS) is 15.4. The van der Waals surface area contributed by atoms with Crippen molar-refractivity contribution in [2.24, 2.45) is 16.6 Å². The van der Waals surface area contributed by atoms with E-state index in [1.165, 1.54) is 25.7 Å². The number of guanidine groups is 1. The van der Waals surface area contributed by atoms with Gasteiger partial charge in [0.05, 0.1) is 12.6 Å². The van der Waals surface area contributed by atoms with Crippen molar-refractivity contribution in [1.29, 1.82) is 0 Å². The maximum Gasteiger partial charge on any atom is 0.220 e. The van der Waals surface area contributed by atoms with Crippen LogP contribution in [0.15, 0.2) is 29.3 Å². The standard InChI is InChI=1S/C19H30N4O2/c1-14(2)25-17-9-7-16(8-10-17)23-19(20)22-12-11-21-18(24)13-15-5-3-4-6-15/h7-10,14-15H,3-6,11-13H2,1-2H3,(H,21,24)(H3,20,22,23). The Bertz CT molecular complexity index is 563. The summed E-state index contributed by atoms with van der Waals surface area (Å²) in [6.07, 6.45) is 5.67. The van der Waals surface area contributed by atoms with Crippen LogP contribution in [-0.2, 0) is 4.79 Å². The van der Waals surface area contributed by atoms with Crippen LogP contribution in [0.5, 0.6) is 5.75 Å². The lowest BCUT2D eigenvalue weighted by atomic mass is 10.0. The second kappa shape index (κ2) is 9.91. The molecule has 1 fully saturated rings. The average Bonchev–Trinajstić information content (AvgIpc) is 3.06. The summed E-state index contributed by atoms with van der Waals surface area (Å²) >= 11 is 0. The number of hydrogen-bond acceptors (Lipinski definition) is 3. The van der Waals surface area contributed by atoms with Crippen LogP contribution in [0.4, 0.5) is 5.69 Å². The van der Waals surface area contributed by atoms with Gasteiger partial charge in [0.25, 0.3) is 0 Å². The Morgan fingerprint density at radius 3 is 2.60 bits per heavy atom. The Morgan fingerprint density at radius 2 is 1.96 bits per heavy atom. The van der Waals surface area contributed by atoms with Crippen LogP contribution in [-0.4, -0.2) is 31.1 Å². The van der Waals surface area contributed by atoms with Crippen molar-refractivity contribution in [3.63, 3.8) is 0 Å². The van der Waals surface area contributed by atoms with E-state index in [1.807, 2.05) is 38.1 Å². The van der Waals surface area contributed by atoms with Gasteiger partial charge in [-0.2, -0.15) is 0 Å². The van der Waals surface area contributed by atoms with Gasteiger partial charge < -0.3 is 21.1 Å². The minimum atomic E-state index is 0.120. The monoisotopic (exact) mass is 346 g/mol. The van der Waals surface area contributed by atoms with E-state index >= 15 is 0 Å². The SMILES string of the molecule is CC(C)Oc1ccc(NC(N)=NCCNC(=O)CC2CCCC2)cc1. The largest absolute Gasteiger partial charge is 0.491 e. The zero-order valence-electron chi connectivity index (χ0n) is 15.3. The van der Waals surface area contributed by atoms with Gasteiger partial charge in [0.15, 0.2) is 5.96 Å². The number of nitrogens with two attached hydrogens (primary N) is 1. The van der Waals surface area contributed by atoms with Crippen molar-refractivity contribution < 1.29 is 9.53 Å². The highest BCUT2D eigenvalue weighted by atomic mass is 16.5. The molecule has 0 aliphatic heterocycles. The fraction of sp³-hybridized carbons (Fsp3) is 0.579. The van der Waals surface area contributed by atoms with Crippen molar-refractivity contribution in [3.8, 4) is 5.75 Å². The molecule has 25 heavy (non-hydrogen) atoms. The van der Waals surface area contributed by atoms with Gasteiger partial charge >= 0.3 is 0 Å². The molecule has 1 aliphatic carbocycles. The van der Waals surface area contributed by atoms with E-state index in [-0.39, 0.29) is 12.0 Å². The van der Waals surface area contributed by atoms with Crippen LogP contribution in [0, 0.1) is 5.92 Å². The van der Waals surface area contributed by atoms with Crippen LogP contribution in [0.3, 0.4) is 0 Å². The van der Waals surface area contributed by atoms with Gasteiger partial charge in [-0.25, -0.2) is 0 Å². The molecule has 0 radical (unpaired) electrons. The molecule has 0 unspecified atom stereocenters. The Labute approximate surface area is 150 Å². The second-order valence-electron chi connectivity index (χ2n) is 6.79. The van der Waals surface area contributed by atoms with Gasteiger partial charge in [0, 0.05) is 18.7 Å². The summed E-state index contributed by atoms with van der Waals surface area (Å²) in [5, 5.41) is 5.94. The fourth-order valence-corrected chi connectivity index (χ4v) is 3.00. The third kappa shape index (κ3) is 7.45. The van der Waals surface area contributed by atoms with E-state index in [4.69, 9.17) is 10.5 Å². The van der Waals surface area contributed by atoms with E-state index in [1.54, 1.807) is 0 Å². The quantitative estimate of drug-likeness (QED) is 0.384. The third-order valence-electron chi connectivity index (χ3n) is 4.16. The average molecular weight is 346 g/mol. The number of benzene rings is 1. The molecule has 2 rings (SSSR count). The molecule has 1 saturated carbocycles. The van der Waals surface area contributed by atoms with E-state index in [0.29, 0.717) is 31.4 Å². The first-order valence-corrected chi connectivity index (χ1v) is 9.13. The molecular weight excluding hydrogens is 316 g/mol. The summed E-state index contributed by atoms with van der Waals surface area (Å²) in [5.74, 6) is 1.84. The van der Waals surface area contributed by atoms with Crippen LogP contribution in [0.2, 0.25) is 0 Å². The molecule has 6 nitrogen and oxygen atoms in total. The molecule has 1 aromatic rings. The zero-order valence-corrected chi connectivity index (χ0v) is 15.3. The first kappa shape index (κ1) is 19.1. The van der Waals surface area contributed by atoms with Crippen molar-refractivity contribution in [1.82, 2.24) is 5.32 Å². The third-order valence-corrected chi connectivity index (χ3v) is 4.16. The lowest BCUT2D eigenvalue weighted by molar-refractivity contribution is -0.121. The van der Waals surface area contributed by atoms with E-state index in [9.17, 15) is 4.79 Å². The lowest BCUT2D eigenvalue weighted by Gasteiger charge is -2.11. The summed E-state index contributed by atoms with van der Waals surface area (Å²) in [7, 11) is 0. The van der Waals surface area contributed by atoms with Crippen molar-refractivity contribution in [3.05, 3.63) is 24.3 Å². The first-order chi connectivity index (χ1) is 12.0. The lowest BCUT2D eigenvalue weighted by Crippen LogP contribution is -2.29. The number of amides is 1. The molecule has 1 aliphatic rings. The number of nitrogens with one attached hydrogen (secondary N) is 2. The highest BCUT2D eigenvalue weighted by molar-refractivity contribution is 5.92. The first-order valence-electron chi connectivity index (χ1n) is 9.13.